The van der Waals surface area contributed by atoms with Gasteiger partial charge >= 0.3 is 0 Å². The van der Waals surface area contributed by atoms with E-state index in [1.54, 1.807) is 0 Å². The standard InChI is InChI=1S/C16H35O2P/c1-5-7-9-11-13-15(3)18-19(17)16(4)14-12-10-8-6-2/h15-16,19H,5-14H2,1-4H3. The molecule has 116 valence electrons. The zero-order valence-corrected chi connectivity index (χ0v) is 14.5. The Morgan fingerprint density at radius 1 is 0.842 bits per heavy atom. The van der Waals surface area contributed by atoms with Crippen molar-refractivity contribution in [3.8, 4) is 0 Å². The van der Waals surface area contributed by atoms with Gasteiger partial charge in [0.05, 0.1) is 6.10 Å². The first kappa shape index (κ1) is 19.2. The van der Waals surface area contributed by atoms with Gasteiger partial charge in [0, 0.05) is 5.66 Å². The van der Waals surface area contributed by atoms with Crippen LogP contribution >= 0.6 is 8.03 Å². The lowest BCUT2D eigenvalue weighted by Gasteiger charge is -2.17. The number of rotatable bonds is 13. The Kier molecular flexibility index (Phi) is 13.3. The third-order valence-corrected chi connectivity index (χ3v) is 5.40. The molecule has 0 aromatic carbocycles. The second-order valence-corrected chi connectivity index (χ2v) is 7.71. The van der Waals surface area contributed by atoms with Gasteiger partial charge in [0.25, 0.3) is 0 Å². The molecule has 0 spiro atoms. The second kappa shape index (κ2) is 13.2. The quantitative estimate of drug-likeness (QED) is 0.298. The zero-order valence-electron chi connectivity index (χ0n) is 13.5. The van der Waals surface area contributed by atoms with E-state index in [1.165, 1.54) is 51.4 Å². The van der Waals surface area contributed by atoms with Crippen LogP contribution in [0.2, 0.25) is 0 Å². The van der Waals surface area contributed by atoms with Crippen LogP contribution in [0, 0.1) is 0 Å². The Morgan fingerprint density at radius 3 is 1.89 bits per heavy atom. The summed E-state index contributed by atoms with van der Waals surface area (Å²) in [6.45, 7) is 8.59. The lowest BCUT2D eigenvalue weighted by atomic mass is 10.1. The molecule has 0 aliphatic carbocycles. The molecule has 0 fully saturated rings. The molecule has 0 amide bonds. The van der Waals surface area contributed by atoms with Crippen LogP contribution in [-0.4, -0.2) is 11.8 Å². The maximum absolute atomic E-state index is 12.1. The highest BCUT2D eigenvalue weighted by atomic mass is 31.1. The first-order valence-corrected chi connectivity index (χ1v) is 9.71. The van der Waals surface area contributed by atoms with Gasteiger partial charge in [-0.1, -0.05) is 72.1 Å². The summed E-state index contributed by atoms with van der Waals surface area (Å²) in [5.74, 6) is 0. The van der Waals surface area contributed by atoms with Crippen molar-refractivity contribution in [2.75, 3.05) is 0 Å². The number of hydrogen-bond acceptors (Lipinski definition) is 2. The van der Waals surface area contributed by atoms with E-state index in [0.29, 0.717) is 0 Å². The van der Waals surface area contributed by atoms with Gasteiger partial charge in [-0.25, -0.2) is 0 Å². The maximum Gasteiger partial charge on any atom is 0.194 e. The van der Waals surface area contributed by atoms with Crippen molar-refractivity contribution >= 4 is 8.03 Å². The van der Waals surface area contributed by atoms with Crippen LogP contribution in [0.5, 0.6) is 0 Å². The van der Waals surface area contributed by atoms with Gasteiger partial charge in [0.2, 0.25) is 0 Å². The van der Waals surface area contributed by atoms with Crippen molar-refractivity contribution < 1.29 is 9.09 Å². The summed E-state index contributed by atoms with van der Waals surface area (Å²) < 4.78 is 17.8. The molecule has 0 rings (SSSR count). The highest BCUT2D eigenvalue weighted by Crippen LogP contribution is 2.35. The first-order valence-electron chi connectivity index (χ1n) is 8.32. The van der Waals surface area contributed by atoms with Crippen molar-refractivity contribution in [2.45, 2.75) is 104 Å². The van der Waals surface area contributed by atoms with Gasteiger partial charge in [-0.15, -0.1) is 0 Å². The molecule has 19 heavy (non-hydrogen) atoms. The molecule has 3 unspecified atom stereocenters. The van der Waals surface area contributed by atoms with E-state index in [-0.39, 0.29) is 11.8 Å². The molecule has 0 saturated carbocycles. The fourth-order valence-corrected chi connectivity index (χ4v) is 3.41. The van der Waals surface area contributed by atoms with E-state index in [4.69, 9.17) is 4.52 Å². The third-order valence-electron chi connectivity index (χ3n) is 3.67. The van der Waals surface area contributed by atoms with E-state index in [0.717, 1.165) is 12.8 Å². The molecule has 2 nitrogen and oxygen atoms in total. The molecule has 0 bridgehead atoms. The Bertz CT molecular complexity index is 219. The molecule has 3 heteroatoms. The van der Waals surface area contributed by atoms with Gasteiger partial charge in [-0.2, -0.15) is 0 Å². The van der Waals surface area contributed by atoms with Crippen molar-refractivity contribution in [3.05, 3.63) is 0 Å². The van der Waals surface area contributed by atoms with Crippen LogP contribution in [-0.2, 0) is 9.09 Å². The third kappa shape index (κ3) is 11.7. The molecule has 0 radical (unpaired) electrons. The lowest BCUT2D eigenvalue weighted by Crippen LogP contribution is -2.07. The van der Waals surface area contributed by atoms with E-state index < -0.39 is 8.03 Å². The summed E-state index contributed by atoms with van der Waals surface area (Å²) in [6.07, 6.45) is 12.3. The smallest absolute Gasteiger partial charge is 0.194 e. The second-order valence-electron chi connectivity index (χ2n) is 5.85. The molecule has 0 N–H and O–H groups in total. The van der Waals surface area contributed by atoms with Crippen LogP contribution in [0.3, 0.4) is 0 Å². The van der Waals surface area contributed by atoms with Crippen LogP contribution in [0.1, 0.15) is 91.9 Å². The van der Waals surface area contributed by atoms with Gasteiger partial charge in [0.1, 0.15) is 0 Å². The summed E-state index contributed by atoms with van der Waals surface area (Å²) >= 11 is 0. The summed E-state index contributed by atoms with van der Waals surface area (Å²) in [4.78, 5) is 0. The lowest BCUT2D eigenvalue weighted by molar-refractivity contribution is 0.215. The minimum absolute atomic E-state index is 0.168. The van der Waals surface area contributed by atoms with Crippen molar-refractivity contribution in [2.24, 2.45) is 0 Å². The SMILES string of the molecule is CCCCCCC(C)O[PH](=O)C(C)CCCCCC. The summed E-state index contributed by atoms with van der Waals surface area (Å²) in [6, 6.07) is 0. The summed E-state index contributed by atoms with van der Waals surface area (Å²) in [7, 11) is -1.85. The van der Waals surface area contributed by atoms with Crippen LogP contribution in [0.15, 0.2) is 0 Å². The van der Waals surface area contributed by atoms with E-state index in [9.17, 15) is 4.57 Å². The number of unbranched alkanes of at least 4 members (excludes halogenated alkanes) is 6. The van der Waals surface area contributed by atoms with Gasteiger partial charge in [0.15, 0.2) is 8.03 Å². The van der Waals surface area contributed by atoms with E-state index in [1.807, 2.05) is 0 Å². The van der Waals surface area contributed by atoms with Crippen LogP contribution < -0.4 is 0 Å². The molecule has 0 aliphatic heterocycles. The van der Waals surface area contributed by atoms with Crippen molar-refractivity contribution in [1.29, 1.82) is 0 Å². The number of hydrogen-bond donors (Lipinski definition) is 0. The van der Waals surface area contributed by atoms with Gasteiger partial charge in [-0.05, 0) is 19.8 Å². The zero-order chi connectivity index (χ0) is 14.5. The van der Waals surface area contributed by atoms with Crippen molar-refractivity contribution in [3.63, 3.8) is 0 Å². The van der Waals surface area contributed by atoms with E-state index in [2.05, 4.69) is 27.7 Å². The largest absolute Gasteiger partial charge is 0.327 e. The Hall–Kier alpha value is 0.190. The van der Waals surface area contributed by atoms with Crippen LogP contribution in [0.25, 0.3) is 0 Å². The summed E-state index contributed by atoms with van der Waals surface area (Å²) in [5, 5.41) is 0. The highest BCUT2D eigenvalue weighted by molar-refractivity contribution is 7.40. The average Bonchev–Trinajstić information content (AvgIpc) is 2.39. The monoisotopic (exact) mass is 290 g/mol. The minimum Gasteiger partial charge on any atom is -0.327 e. The molecule has 3 atom stereocenters. The fourth-order valence-electron chi connectivity index (χ4n) is 2.23. The predicted octanol–water partition coefficient (Wildman–Crippen LogP) is 6.20. The van der Waals surface area contributed by atoms with Crippen molar-refractivity contribution in [1.82, 2.24) is 0 Å². The topological polar surface area (TPSA) is 26.3 Å². The first-order chi connectivity index (χ1) is 9.11. The molecular weight excluding hydrogens is 255 g/mol. The molecule has 0 heterocycles. The molecule has 0 aliphatic rings. The molecule has 0 saturated heterocycles. The average molecular weight is 290 g/mol. The maximum atomic E-state index is 12.1. The van der Waals surface area contributed by atoms with Gasteiger partial charge in [-0.3, -0.25) is 4.57 Å². The Morgan fingerprint density at radius 2 is 1.37 bits per heavy atom. The van der Waals surface area contributed by atoms with Gasteiger partial charge < -0.3 is 4.52 Å². The Balaban J connectivity index is 3.63. The molecular formula is C16H35O2P. The molecule has 0 aromatic heterocycles. The predicted molar refractivity (Wildman–Crippen MR) is 86.5 cm³/mol. The normalized spacial score (nSPS) is 16.2. The van der Waals surface area contributed by atoms with Crippen LogP contribution in [0.4, 0.5) is 0 Å². The fraction of sp³-hybridized carbons (Fsp3) is 1.00. The highest BCUT2D eigenvalue weighted by Gasteiger charge is 2.14. The Labute approximate surface area is 121 Å². The summed E-state index contributed by atoms with van der Waals surface area (Å²) in [5.41, 5.74) is 0.250. The van der Waals surface area contributed by atoms with E-state index >= 15 is 0 Å². The minimum atomic E-state index is -1.85. The molecule has 0 aromatic rings.